The van der Waals surface area contributed by atoms with Gasteiger partial charge in [0, 0.05) is 36.4 Å². The number of rotatable bonds is 4. The van der Waals surface area contributed by atoms with Gasteiger partial charge in [0.1, 0.15) is 11.6 Å². The number of nitrogens with zero attached hydrogens (tertiary/aromatic N) is 3. The van der Waals surface area contributed by atoms with Crippen LogP contribution in [0.3, 0.4) is 0 Å². The van der Waals surface area contributed by atoms with Crippen molar-refractivity contribution in [3.63, 3.8) is 0 Å². The number of aryl methyl sites for hydroxylation is 1. The first-order valence-electron chi connectivity index (χ1n) is 9.42. The maximum atomic E-state index is 12.5. The number of nitrogens with one attached hydrogen (secondary N) is 2. The molecular weight excluding hydrogens is 362 g/mol. The van der Waals surface area contributed by atoms with E-state index in [0.29, 0.717) is 24.2 Å². The predicted octanol–water partition coefficient (Wildman–Crippen LogP) is 2.41. The quantitative estimate of drug-likeness (QED) is 0.844. The molecule has 2 N–H and O–H groups in total. The Balaban J connectivity index is 1.37. The molecule has 27 heavy (non-hydrogen) atoms. The van der Waals surface area contributed by atoms with Crippen LogP contribution >= 0.6 is 11.8 Å². The van der Waals surface area contributed by atoms with Gasteiger partial charge in [0.2, 0.25) is 5.91 Å². The van der Waals surface area contributed by atoms with E-state index in [1.165, 1.54) is 24.6 Å². The van der Waals surface area contributed by atoms with E-state index in [4.69, 9.17) is 0 Å². The first kappa shape index (κ1) is 18.0. The molecular formula is C19H23N5O2S. The number of amides is 2. The Labute approximate surface area is 162 Å². The number of carbonyl (C=O) groups is 2. The third kappa shape index (κ3) is 3.85. The molecule has 1 aromatic carbocycles. The normalized spacial score (nSPS) is 18.9. The molecule has 0 aliphatic carbocycles. The number of aromatic nitrogens is 3. The molecule has 2 aliphatic rings. The number of hydrogen-bond acceptors (Lipinski definition) is 5. The SMILES string of the molecule is C[C@H]1Sc2ccc(C(=O)NCCc3nnc4n3CCCCC4)cc2NC1=O. The summed E-state index contributed by atoms with van der Waals surface area (Å²) in [4.78, 5) is 25.3. The topological polar surface area (TPSA) is 88.9 Å². The van der Waals surface area contributed by atoms with Gasteiger partial charge < -0.3 is 15.2 Å². The van der Waals surface area contributed by atoms with Gasteiger partial charge in [0.15, 0.2) is 0 Å². The molecule has 7 nitrogen and oxygen atoms in total. The summed E-state index contributed by atoms with van der Waals surface area (Å²) in [6, 6.07) is 5.43. The molecule has 0 radical (unpaired) electrons. The fourth-order valence-corrected chi connectivity index (χ4v) is 4.40. The molecule has 0 unspecified atom stereocenters. The van der Waals surface area contributed by atoms with Gasteiger partial charge in [-0.25, -0.2) is 0 Å². The minimum absolute atomic E-state index is 0.0300. The highest BCUT2D eigenvalue weighted by Crippen LogP contribution is 2.35. The van der Waals surface area contributed by atoms with E-state index in [2.05, 4.69) is 25.4 Å². The number of hydrogen-bond donors (Lipinski definition) is 2. The Morgan fingerprint density at radius 3 is 3.11 bits per heavy atom. The monoisotopic (exact) mass is 385 g/mol. The largest absolute Gasteiger partial charge is 0.352 e. The molecule has 0 saturated carbocycles. The lowest BCUT2D eigenvalue weighted by molar-refractivity contribution is -0.115. The van der Waals surface area contributed by atoms with Crippen molar-refractivity contribution < 1.29 is 9.59 Å². The second-order valence-corrected chi connectivity index (χ2v) is 8.34. The number of fused-ring (bicyclic) bond motifs is 2. The zero-order chi connectivity index (χ0) is 18.8. The van der Waals surface area contributed by atoms with Gasteiger partial charge in [-0.2, -0.15) is 0 Å². The molecule has 142 valence electrons. The molecule has 3 heterocycles. The van der Waals surface area contributed by atoms with Crippen molar-refractivity contribution in [2.75, 3.05) is 11.9 Å². The number of benzene rings is 1. The maximum Gasteiger partial charge on any atom is 0.251 e. The number of thioether (sulfide) groups is 1. The molecule has 1 atom stereocenters. The summed E-state index contributed by atoms with van der Waals surface area (Å²) in [6.45, 7) is 3.34. The van der Waals surface area contributed by atoms with Gasteiger partial charge in [-0.15, -0.1) is 22.0 Å². The molecule has 2 amide bonds. The van der Waals surface area contributed by atoms with Crippen LogP contribution in [0, 0.1) is 0 Å². The van der Waals surface area contributed by atoms with Gasteiger partial charge in [-0.05, 0) is 38.0 Å². The fraction of sp³-hybridized carbons (Fsp3) is 0.474. The first-order chi connectivity index (χ1) is 13.1. The van der Waals surface area contributed by atoms with E-state index in [9.17, 15) is 9.59 Å². The van der Waals surface area contributed by atoms with Gasteiger partial charge in [0.25, 0.3) is 5.91 Å². The number of anilines is 1. The van der Waals surface area contributed by atoms with Crippen molar-refractivity contribution in [1.29, 1.82) is 0 Å². The minimum Gasteiger partial charge on any atom is -0.352 e. The molecule has 0 spiro atoms. The van der Waals surface area contributed by atoms with E-state index in [1.807, 2.05) is 13.0 Å². The summed E-state index contributed by atoms with van der Waals surface area (Å²) in [7, 11) is 0. The Morgan fingerprint density at radius 1 is 1.33 bits per heavy atom. The van der Waals surface area contributed by atoms with E-state index in [1.54, 1.807) is 12.1 Å². The van der Waals surface area contributed by atoms with Gasteiger partial charge in [0.05, 0.1) is 10.9 Å². The summed E-state index contributed by atoms with van der Waals surface area (Å²) in [5.74, 6) is 1.82. The van der Waals surface area contributed by atoms with Crippen molar-refractivity contribution in [2.45, 2.75) is 55.7 Å². The average molecular weight is 385 g/mol. The lowest BCUT2D eigenvalue weighted by Gasteiger charge is -2.21. The zero-order valence-corrected chi connectivity index (χ0v) is 16.1. The van der Waals surface area contributed by atoms with Gasteiger partial charge >= 0.3 is 0 Å². The predicted molar refractivity (Wildman–Crippen MR) is 104 cm³/mol. The van der Waals surface area contributed by atoms with Crippen molar-refractivity contribution >= 4 is 29.3 Å². The van der Waals surface area contributed by atoms with Crippen LogP contribution < -0.4 is 10.6 Å². The van der Waals surface area contributed by atoms with Crippen LogP contribution in [-0.4, -0.2) is 38.4 Å². The van der Waals surface area contributed by atoms with E-state index in [0.717, 1.165) is 35.9 Å². The molecule has 1 aromatic heterocycles. The van der Waals surface area contributed by atoms with Gasteiger partial charge in [-0.1, -0.05) is 6.42 Å². The lowest BCUT2D eigenvalue weighted by Crippen LogP contribution is -2.28. The minimum atomic E-state index is -0.147. The number of carbonyl (C=O) groups excluding carboxylic acids is 2. The van der Waals surface area contributed by atoms with Gasteiger partial charge in [-0.3, -0.25) is 9.59 Å². The van der Waals surface area contributed by atoms with Crippen molar-refractivity contribution in [2.24, 2.45) is 0 Å². The third-order valence-corrected chi connectivity index (χ3v) is 6.17. The highest BCUT2D eigenvalue weighted by Gasteiger charge is 2.23. The van der Waals surface area contributed by atoms with Crippen LogP contribution in [0.15, 0.2) is 23.1 Å². The van der Waals surface area contributed by atoms with Crippen LogP contribution in [0.1, 0.15) is 48.2 Å². The standard InChI is InChI=1S/C19H23N5O2S/c1-12-18(25)21-14-11-13(6-7-15(14)27-12)19(26)20-9-8-17-23-22-16-5-3-2-4-10-24(16)17/h6-7,11-12H,2-5,8-10H2,1H3,(H,20,26)(H,21,25)/t12-/m1/s1. The van der Waals surface area contributed by atoms with Crippen LogP contribution in [0.25, 0.3) is 0 Å². The fourth-order valence-electron chi connectivity index (χ4n) is 3.47. The van der Waals surface area contributed by atoms with Crippen LogP contribution in [-0.2, 0) is 24.2 Å². The molecule has 0 fully saturated rings. The van der Waals surface area contributed by atoms with Crippen LogP contribution in [0.5, 0.6) is 0 Å². The van der Waals surface area contributed by atoms with Crippen LogP contribution in [0.4, 0.5) is 5.69 Å². The summed E-state index contributed by atoms with van der Waals surface area (Å²) in [5, 5.41) is 14.3. The lowest BCUT2D eigenvalue weighted by atomic mass is 10.1. The summed E-state index contributed by atoms with van der Waals surface area (Å²) >= 11 is 1.51. The first-order valence-corrected chi connectivity index (χ1v) is 10.3. The Kier molecular flexibility index (Phi) is 5.15. The molecule has 2 aliphatic heterocycles. The molecule has 2 aromatic rings. The molecule has 0 saturated heterocycles. The molecule has 0 bridgehead atoms. The highest BCUT2D eigenvalue weighted by atomic mass is 32.2. The van der Waals surface area contributed by atoms with Crippen molar-refractivity contribution in [3.05, 3.63) is 35.4 Å². The second kappa shape index (κ2) is 7.72. The Hall–Kier alpha value is -2.35. The second-order valence-electron chi connectivity index (χ2n) is 6.96. The van der Waals surface area contributed by atoms with E-state index >= 15 is 0 Å². The third-order valence-electron chi connectivity index (χ3n) is 4.99. The summed E-state index contributed by atoms with van der Waals surface area (Å²) < 4.78 is 2.20. The molecule has 8 heteroatoms. The summed E-state index contributed by atoms with van der Waals surface area (Å²) in [6.07, 6.45) is 5.19. The highest BCUT2D eigenvalue weighted by molar-refractivity contribution is 8.00. The Bertz CT molecular complexity index is 879. The van der Waals surface area contributed by atoms with Crippen molar-refractivity contribution in [1.82, 2.24) is 20.1 Å². The van der Waals surface area contributed by atoms with E-state index < -0.39 is 0 Å². The Morgan fingerprint density at radius 2 is 2.22 bits per heavy atom. The van der Waals surface area contributed by atoms with Crippen LogP contribution in [0.2, 0.25) is 0 Å². The zero-order valence-electron chi connectivity index (χ0n) is 15.3. The smallest absolute Gasteiger partial charge is 0.251 e. The van der Waals surface area contributed by atoms with Crippen molar-refractivity contribution in [3.8, 4) is 0 Å². The molecule has 4 rings (SSSR count). The van der Waals surface area contributed by atoms with E-state index in [-0.39, 0.29) is 17.1 Å². The summed E-state index contributed by atoms with van der Waals surface area (Å²) in [5.41, 5.74) is 1.25. The average Bonchev–Trinajstić information content (AvgIpc) is 2.88. The maximum absolute atomic E-state index is 12.5.